The molecule has 2 bridgehead atoms. The Morgan fingerprint density at radius 2 is 1.41 bits per heavy atom. The van der Waals surface area contributed by atoms with Crippen molar-refractivity contribution in [3.8, 4) is 0 Å². The second-order valence-corrected chi connectivity index (χ2v) is 11.1. The summed E-state index contributed by atoms with van der Waals surface area (Å²) < 4.78 is 0. The van der Waals surface area contributed by atoms with Crippen molar-refractivity contribution in [3.05, 3.63) is 71.8 Å². The molecule has 2 heterocycles. The molecule has 1 amide bonds. The monoisotopic (exact) mass is 535 g/mol. The van der Waals surface area contributed by atoms with Gasteiger partial charge in [-0.2, -0.15) is 0 Å². The number of aliphatic hydroxyl groups excluding tert-OH is 1. The number of hydrogen-bond donors (Lipinski definition) is 2. The van der Waals surface area contributed by atoms with E-state index in [-0.39, 0.29) is 11.9 Å². The summed E-state index contributed by atoms with van der Waals surface area (Å²) in [6.07, 6.45) is 6.66. The van der Waals surface area contributed by atoms with Crippen molar-refractivity contribution in [1.82, 2.24) is 14.7 Å². The van der Waals surface area contributed by atoms with E-state index in [9.17, 15) is 19.8 Å². The maximum Gasteiger partial charge on any atom is 0.323 e. The lowest BCUT2D eigenvalue weighted by Gasteiger charge is -2.49. The first kappa shape index (κ1) is 29.2. The van der Waals surface area contributed by atoms with Crippen LogP contribution in [0.2, 0.25) is 0 Å². The molecular weight excluding hydrogens is 490 g/mol. The zero-order chi connectivity index (χ0) is 27.8. The predicted octanol–water partition coefficient (Wildman–Crippen LogP) is 4.91. The Hall–Kier alpha value is -2.74. The third kappa shape index (κ3) is 6.71. The highest BCUT2D eigenvalue weighted by Crippen LogP contribution is 2.39. The van der Waals surface area contributed by atoms with Gasteiger partial charge in [0.05, 0.1) is 12.0 Å². The maximum atomic E-state index is 14.3. The van der Waals surface area contributed by atoms with Gasteiger partial charge < -0.3 is 15.1 Å². The molecule has 39 heavy (non-hydrogen) atoms. The van der Waals surface area contributed by atoms with E-state index in [0.29, 0.717) is 13.0 Å². The van der Waals surface area contributed by atoms with Crippen LogP contribution in [0.5, 0.6) is 0 Å². The number of rotatable bonds is 14. The van der Waals surface area contributed by atoms with Gasteiger partial charge in [-0.25, -0.2) is 4.90 Å². The van der Waals surface area contributed by atoms with Gasteiger partial charge in [-0.1, -0.05) is 100 Å². The normalized spacial score (nSPS) is 22.0. The molecule has 212 valence electrons. The van der Waals surface area contributed by atoms with Crippen LogP contribution < -0.4 is 0 Å². The smallest absolute Gasteiger partial charge is 0.323 e. The molecule has 0 radical (unpaired) electrons. The molecule has 7 heteroatoms. The summed E-state index contributed by atoms with van der Waals surface area (Å²) in [7, 11) is 0. The number of hydrogen-bond acceptors (Lipinski definition) is 5. The Morgan fingerprint density at radius 1 is 0.872 bits per heavy atom. The number of carboxylic acids is 1. The van der Waals surface area contributed by atoms with Crippen LogP contribution in [0.1, 0.15) is 82.3 Å². The molecule has 0 aliphatic carbocycles. The summed E-state index contributed by atoms with van der Waals surface area (Å²) in [5.74, 6) is -1.53. The quantitative estimate of drug-likeness (QED) is 0.264. The Balaban J connectivity index is 1.61. The van der Waals surface area contributed by atoms with Gasteiger partial charge in [0.2, 0.25) is 5.91 Å². The Kier molecular flexibility index (Phi) is 10.5. The number of nitrogens with zero attached hydrogens (tertiary/aromatic N) is 3. The lowest BCUT2D eigenvalue weighted by atomic mass is 9.88. The fraction of sp³-hybridized carbons (Fsp3) is 0.562. The van der Waals surface area contributed by atoms with E-state index in [0.717, 1.165) is 69.2 Å². The molecule has 0 aromatic heterocycles. The average Bonchev–Trinajstić information content (AvgIpc) is 3.25. The van der Waals surface area contributed by atoms with Crippen LogP contribution in [-0.2, 0) is 9.59 Å². The van der Waals surface area contributed by atoms with Crippen molar-refractivity contribution in [3.63, 3.8) is 0 Å². The van der Waals surface area contributed by atoms with Crippen LogP contribution in [-0.4, -0.2) is 80.9 Å². The number of unbranched alkanes of at least 4 members (excludes halogenated alkanes) is 4. The number of aliphatic hydroxyl groups is 1. The minimum absolute atomic E-state index is 0.0527. The third-order valence-electron chi connectivity index (χ3n) is 8.43. The van der Waals surface area contributed by atoms with Gasteiger partial charge in [0.15, 0.2) is 6.35 Å². The Labute approximate surface area is 233 Å². The molecule has 2 N–H and O–H groups in total. The number of benzene rings is 2. The predicted molar refractivity (Wildman–Crippen MR) is 153 cm³/mol. The van der Waals surface area contributed by atoms with Gasteiger partial charge in [0, 0.05) is 25.7 Å². The minimum atomic E-state index is -0.977. The lowest BCUT2D eigenvalue weighted by molar-refractivity contribution is -0.184. The number of piperazine rings is 1. The van der Waals surface area contributed by atoms with E-state index < -0.39 is 30.3 Å². The Morgan fingerprint density at radius 3 is 1.90 bits per heavy atom. The largest absolute Gasteiger partial charge is 0.480 e. The lowest BCUT2D eigenvalue weighted by Crippen LogP contribution is -2.68. The summed E-state index contributed by atoms with van der Waals surface area (Å²) in [5.41, 5.74) is 1.81. The van der Waals surface area contributed by atoms with E-state index in [1.165, 1.54) is 0 Å². The maximum absolute atomic E-state index is 14.3. The average molecular weight is 536 g/mol. The molecule has 2 fully saturated rings. The van der Waals surface area contributed by atoms with Gasteiger partial charge in [-0.15, -0.1) is 0 Å². The van der Waals surface area contributed by atoms with E-state index in [1.54, 1.807) is 4.90 Å². The molecule has 2 saturated heterocycles. The second kappa shape index (κ2) is 14.1. The number of carbonyl (C=O) groups is 2. The summed E-state index contributed by atoms with van der Waals surface area (Å²) in [6, 6.07) is 17.9. The van der Waals surface area contributed by atoms with Gasteiger partial charge >= 0.3 is 5.97 Å². The SMILES string of the molecule is CCCCCN(CCCCC)C(O)N1C[C@@H]2CC[C@H]([C@H]1C(=O)O)N2C(=O)C(c1ccccc1)c1ccccc1. The number of carboxylic acid groups (broad SMARTS) is 1. The Bertz CT molecular complexity index is 1000. The van der Waals surface area contributed by atoms with Crippen molar-refractivity contribution in [1.29, 1.82) is 0 Å². The number of aliphatic carboxylic acids is 1. The standard InChI is InChI=1S/C32H45N3O4/c1-3-5-13-21-33(22-14-6-4-2)32(39)34-23-26-19-20-27(29(34)31(37)38)35(26)30(36)28(24-15-9-7-10-16-24)25-17-11-8-12-18-25/h7-12,15-18,26-29,32,39H,3-6,13-14,19-23H2,1-2H3,(H,37,38)/t26-,27+,29-,32?/m0/s1. The molecule has 2 aromatic rings. The van der Waals surface area contributed by atoms with Gasteiger partial charge in [-0.05, 0) is 36.8 Å². The van der Waals surface area contributed by atoms with E-state index >= 15 is 0 Å². The number of amides is 1. The van der Waals surface area contributed by atoms with Crippen LogP contribution in [0.25, 0.3) is 0 Å². The first-order valence-corrected chi connectivity index (χ1v) is 14.8. The van der Waals surface area contributed by atoms with Crippen molar-refractivity contribution in [2.75, 3.05) is 19.6 Å². The molecule has 0 spiro atoms. The highest BCUT2D eigenvalue weighted by atomic mass is 16.4. The van der Waals surface area contributed by atoms with Crippen molar-refractivity contribution in [2.45, 2.75) is 95.6 Å². The summed E-state index contributed by atoms with van der Waals surface area (Å²) >= 11 is 0. The van der Waals surface area contributed by atoms with E-state index in [2.05, 4.69) is 18.7 Å². The van der Waals surface area contributed by atoms with Gasteiger partial charge in [-0.3, -0.25) is 14.5 Å². The minimum Gasteiger partial charge on any atom is -0.480 e. The van der Waals surface area contributed by atoms with E-state index in [1.807, 2.05) is 65.6 Å². The van der Waals surface area contributed by atoms with Crippen LogP contribution in [0.4, 0.5) is 0 Å². The molecule has 2 aliphatic rings. The third-order valence-corrected chi connectivity index (χ3v) is 8.43. The highest BCUT2D eigenvalue weighted by Gasteiger charge is 2.54. The first-order valence-electron chi connectivity index (χ1n) is 14.8. The van der Waals surface area contributed by atoms with Crippen LogP contribution in [0, 0.1) is 0 Å². The second-order valence-electron chi connectivity index (χ2n) is 11.1. The summed E-state index contributed by atoms with van der Waals surface area (Å²) in [4.78, 5) is 32.8. The molecule has 0 saturated carbocycles. The molecule has 2 aromatic carbocycles. The number of carbonyl (C=O) groups excluding carboxylic acids is 1. The fourth-order valence-corrected chi connectivity index (χ4v) is 6.47. The van der Waals surface area contributed by atoms with Gasteiger partial charge in [0.25, 0.3) is 0 Å². The van der Waals surface area contributed by atoms with Crippen LogP contribution >= 0.6 is 0 Å². The zero-order valence-electron chi connectivity index (χ0n) is 23.5. The van der Waals surface area contributed by atoms with Crippen LogP contribution in [0.15, 0.2) is 60.7 Å². The van der Waals surface area contributed by atoms with Crippen LogP contribution in [0.3, 0.4) is 0 Å². The molecule has 2 aliphatic heterocycles. The summed E-state index contributed by atoms with van der Waals surface area (Å²) in [5, 5.41) is 22.0. The molecular formula is C32H45N3O4. The number of likely N-dealkylation sites (tertiary alicyclic amines) is 1. The molecule has 4 rings (SSSR count). The first-order chi connectivity index (χ1) is 19.0. The summed E-state index contributed by atoms with van der Waals surface area (Å²) in [6.45, 7) is 6.15. The number of fused-ring (bicyclic) bond motifs is 2. The fourth-order valence-electron chi connectivity index (χ4n) is 6.47. The topological polar surface area (TPSA) is 84.3 Å². The van der Waals surface area contributed by atoms with E-state index in [4.69, 9.17) is 0 Å². The molecule has 7 nitrogen and oxygen atoms in total. The van der Waals surface area contributed by atoms with Gasteiger partial charge in [0.1, 0.15) is 6.04 Å². The van der Waals surface area contributed by atoms with Crippen molar-refractivity contribution >= 4 is 11.9 Å². The zero-order valence-corrected chi connectivity index (χ0v) is 23.5. The highest BCUT2D eigenvalue weighted by molar-refractivity contribution is 5.89. The molecule has 1 unspecified atom stereocenters. The molecule has 4 atom stereocenters. The van der Waals surface area contributed by atoms with Crippen molar-refractivity contribution < 1.29 is 19.8 Å². The van der Waals surface area contributed by atoms with Crippen molar-refractivity contribution in [2.24, 2.45) is 0 Å².